The standard InChI is InChI=1S/C20H19ClN2OS/c21-16-7-5-14(6-8-16)18(24)13-23-11-9-15(10-12-23)20-22-17-3-1-2-4-19(17)25-20/h1-8,15H,9-13H2. The van der Waals surface area contributed by atoms with Crippen LogP contribution in [0.15, 0.2) is 48.5 Å². The van der Waals surface area contributed by atoms with Gasteiger partial charge < -0.3 is 0 Å². The number of rotatable bonds is 4. The third kappa shape index (κ3) is 3.76. The summed E-state index contributed by atoms with van der Waals surface area (Å²) in [6.45, 7) is 2.37. The second-order valence-corrected chi connectivity index (χ2v) is 8.00. The number of halogens is 1. The summed E-state index contributed by atoms with van der Waals surface area (Å²) in [5.41, 5.74) is 1.83. The molecule has 1 aliphatic rings. The number of nitrogens with zero attached hydrogens (tertiary/aromatic N) is 2. The number of hydrogen-bond acceptors (Lipinski definition) is 4. The fourth-order valence-corrected chi connectivity index (χ4v) is 4.60. The molecule has 0 amide bonds. The van der Waals surface area contributed by atoms with Gasteiger partial charge in [0, 0.05) is 16.5 Å². The Bertz CT molecular complexity index is 849. The maximum atomic E-state index is 12.4. The second kappa shape index (κ2) is 7.24. The molecule has 1 aliphatic heterocycles. The van der Waals surface area contributed by atoms with E-state index in [1.165, 1.54) is 9.71 Å². The lowest BCUT2D eigenvalue weighted by Crippen LogP contribution is -2.36. The molecule has 0 spiro atoms. The van der Waals surface area contributed by atoms with Gasteiger partial charge in [0.15, 0.2) is 5.78 Å². The molecule has 3 nitrogen and oxygen atoms in total. The van der Waals surface area contributed by atoms with Crippen LogP contribution in [0.2, 0.25) is 5.02 Å². The molecule has 0 unspecified atom stereocenters. The van der Waals surface area contributed by atoms with E-state index >= 15 is 0 Å². The van der Waals surface area contributed by atoms with Crippen molar-refractivity contribution in [2.24, 2.45) is 0 Å². The number of ketones is 1. The number of thiazole rings is 1. The minimum absolute atomic E-state index is 0.162. The first kappa shape index (κ1) is 16.7. The maximum absolute atomic E-state index is 12.4. The number of aromatic nitrogens is 1. The third-order valence-electron chi connectivity index (χ3n) is 4.78. The zero-order chi connectivity index (χ0) is 17.2. The first-order valence-corrected chi connectivity index (χ1v) is 9.75. The summed E-state index contributed by atoms with van der Waals surface area (Å²) >= 11 is 7.69. The van der Waals surface area contributed by atoms with Crippen LogP contribution in [0.25, 0.3) is 10.2 Å². The lowest BCUT2D eigenvalue weighted by atomic mass is 9.97. The summed E-state index contributed by atoms with van der Waals surface area (Å²) < 4.78 is 1.26. The Labute approximate surface area is 156 Å². The van der Waals surface area contributed by atoms with E-state index in [0.29, 0.717) is 17.5 Å². The predicted molar refractivity (Wildman–Crippen MR) is 104 cm³/mol. The molecule has 128 valence electrons. The quantitative estimate of drug-likeness (QED) is 0.605. The van der Waals surface area contributed by atoms with Crippen molar-refractivity contribution in [3.8, 4) is 0 Å². The highest BCUT2D eigenvalue weighted by molar-refractivity contribution is 7.18. The van der Waals surface area contributed by atoms with E-state index in [1.54, 1.807) is 24.3 Å². The van der Waals surface area contributed by atoms with Crippen molar-refractivity contribution >= 4 is 38.9 Å². The van der Waals surface area contributed by atoms with Crippen LogP contribution in [0.3, 0.4) is 0 Å². The van der Waals surface area contributed by atoms with E-state index in [4.69, 9.17) is 16.6 Å². The van der Waals surface area contributed by atoms with Crippen molar-refractivity contribution in [2.75, 3.05) is 19.6 Å². The number of para-hydroxylation sites is 1. The van der Waals surface area contributed by atoms with Crippen LogP contribution in [-0.4, -0.2) is 35.3 Å². The van der Waals surface area contributed by atoms with Gasteiger partial charge in [-0.3, -0.25) is 9.69 Å². The number of carbonyl (C=O) groups excluding carboxylic acids is 1. The van der Waals surface area contributed by atoms with Gasteiger partial charge in [-0.25, -0.2) is 4.98 Å². The molecular formula is C20H19ClN2OS. The maximum Gasteiger partial charge on any atom is 0.176 e. The Morgan fingerprint density at radius 3 is 2.56 bits per heavy atom. The summed E-state index contributed by atoms with van der Waals surface area (Å²) in [5, 5.41) is 1.90. The number of benzene rings is 2. The lowest BCUT2D eigenvalue weighted by Gasteiger charge is -2.30. The molecule has 1 saturated heterocycles. The van der Waals surface area contributed by atoms with E-state index < -0.39 is 0 Å². The van der Waals surface area contributed by atoms with Crippen LogP contribution < -0.4 is 0 Å². The van der Waals surface area contributed by atoms with Crippen LogP contribution in [0.4, 0.5) is 0 Å². The normalized spacial score (nSPS) is 16.4. The van der Waals surface area contributed by atoms with Gasteiger partial charge in [0.1, 0.15) is 0 Å². The Kier molecular flexibility index (Phi) is 4.84. The molecule has 4 rings (SSSR count). The fraction of sp³-hybridized carbons (Fsp3) is 0.300. The van der Waals surface area contributed by atoms with Crippen molar-refractivity contribution in [3.63, 3.8) is 0 Å². The van der Waals surface area contributed by atoms with Crippen LogP contribution in [0, 0.1) is 0 Å². The molecule has 2 aromatic carbocycles. The Morgan fingerprint density at radius 1 is 1.12 bits per heavy atom. The van der Waals surface area contributed by atoms with Crippen molar-refractivity contribution in [2.45, 2.75) is 18.8 Å². The summed E-state index contributed by atoms with van der Waals surface area (Å²) in [6.07, 6.45) is 2.13. The molecule has 0 N–H and O–H groups in total. The van der Waals surface area contributed by atoms with Crippen LogP contribution >= 0.6 is 22.9 Å². The van der Waals surface area contributed by atoms with Gasteiger partial charge in [-0.15, -0.1) is 11.3 Å². The number of likely N-dealkylation sites (tertiary alicyclic amines) is 1. The summed E-state index contributed by atoms with van der Waals surface area (Å²) in [4.78, 5) is 19.4. The molecule has 0 bridgehead atoms. The number of carbonyl (C=O) groups is 1. The Balaban J connectivity index is 1.36. The first-order chi connectivity index (χ1) is 12.2. The third-order valence-corrected chi connectivity index (χ3v) is 6.23. The number of hydrogen-bond donors (Lipinski definition) is 0. The molecule has 3 aromatic rings. The minimum atomic E-state index is 0.162. The van der Waals surface area contributed by atoms with Crippen molar-refractivity contribution in [1.29, 1.82) is 0 Å². The monoisotopic (exact) mass is 370 g/mol. The lowest BCUT2D eigenvalue weighted by molar-refractivity contribution is 0.0909. The van der Waals surface area contributed by atoms with E-state index in [0.717, 1.165) is 37.0 Å². The van der Waals surface area contributed by atoms with Gasteiger partial charge in [-0.2, -0.15) is 0 Å². The molecule has 0 aliphatic carbocycles. The molecular weight excluding hydrogens is 352 g/mol. The first-order valence-electron chi connectivity index (χ1n) is 8.55. The fourth-order valence-electron chi connectivity index (χ4n) is 3.33. The van der Waals surface area contributed by atoms with E-state index in [1.807, 2.05) is 17.4 Å². The van der Waals surface area contributed by atoms with Gasteiger partial charge in [0.05, 0.1) is 21.8 Å². The summed E-state index contributed by atoms with van der Waals surface area (Å²) in [7, 11) is 0. The van der Waals surface area contributed by atoms with E-state index in [-0.39, 0.29) is 5.78 Å². The van der Waals surface area contributed by atoms with Gasteiger partial charge in [0.25, 0.3) is 0 Å². The molecule has 0 atom stereocenters. The Hall–Kier alpha value is -1.75. The molecule has 0 saturated carbocycles. The predicted octanol–water partition coefficient (Wildman–Crippen LogP) is 5.01. The second-order valence-electron chi connectivity index (χ2n) is 6.50. The average molecular weight is 371 g/mol. The summed E-state index contributed by atoms with van der Waals surface area (Å²) in [5.74, 6) is 0.675. The number of Topliss-reactive ketones (excluding diaryl/α,β-unsaturated/α-hetero) is 1. The largest absolute Gasteiger partial charge is 0.296 e. The van der Waals surface area contributed by atoms with Gasteiger partial charge in [0.2, 0.25) is 0 Å². The van der Waals surface area contributed by atoms with E-state index in [2.05, 4.69) is 23.1 Å². The van der Waals surface area contributed by atoms with E-state index in [9.17, 15) is 4.79 Å². The minimum Gasteiger partial charge on any atom is -0.296 e. The molecule has 1 fully saturated rings. The van der Waals surface area contributed by atoms with Crippen molar-refractivity contribution < 1.29 is 4.79 Å². The topological polar surface area (TPSA) is 33.2 Å². The van der Waals surface area contributed by atoms with Crippen LogP contribution in [0.1, 0.15) is 34.1 Å². The highest BCUT2D eigenvalue weighted by Crippen LogP contribution is 2.33. The smallest absolute Gasteiger partial charge is 0.176 e. The van der Waals surface area contributed by atoms with Crippen LogP contribution in [-0.2, 0) is 0 Å². The zero-order valence-corrected chi connectivity index (χ0v) is 15.4. The number of fused-ring (bicyclic) bond motifs is 1. The SMILES string of the molecule is O=C(CN1CCC(c2nc3ccccc3s2)CC1)c1ccc(Cl)cc1. The zero-order valence-electron chi connectivity index (χ0n) is 13.8. The van der Waals surface area contributed by atoms with Gasteiger partial charge >= 0.3 is 0 Å². The number of piperidine rings is 1. The van der Waals surface area contributed by atoms with Crippen molar-refractivity contribution in [1.82, 2.24) is 9.88 Å². The molecule has 5 heteroatoms. The van der Waals surface area contributed by atoms with Gasteiger partial charge in [-0.05, 0) is 62.3 Å². The highest BCUT2D eigenvalue weighted by Gasteiger charge is 2.24. The van der Waals surface area contributed by atoms with Crippen molar-refractivity contribution in [3.05, 3.63) is 64.1 Å². The Morgan fingerprint density at radius 2 is 1.84 bits per heavy atom. The molecule has 25 heavy (non-hydrogen) atoms. The average Bonchev–Trinajstić information content (AvgIpc) is 3.07. The molecule has 0 radical (unpaired) electrons. The van der Waals surface area contributed by atoms with Crippen LogP contribution in [0.5, 0.6) is 0 Å². The molecule has 2 heterocycles. The summed E-state index contributed by atoms with van der Waals surface area (Å²) in [6, 6.07) is 15.5. The molecule has 1 aromatic heterocycles. The highest BCUT2D eigenvalue weighted by atomic mass is 35.5. The van der Waals surface area contributed by atoms with Gasteiger partial charge in [-0.1, -0.05) is 23.7 Å².